The molecule has 0 aromatic rings. The van der Waals surface area contributed by atoms with Gasteiger partial charge in [0, 0.05) is 0 Å². The lowest BCUT2D eigenvalue weighted by Gasteiger charge is -2.21. The van der Waals surface area contributed by atoms with Crippen LogP contribution in [0.15, 0.2) is 72.4 Å². The molecule has 0 amide bonds. The molecule has 0 nitrogen and oxygen atoms in total. The van der Waals surface area contributed by atoms with Gasteiger partial charge in [-0.25, -0.2) is 0 Å². The monoisotopic (exact) mass is 380 g/mol. The second-order valence-corrected chi connectivity index (χ2v) is 9.05. The van der Waals surface area contributed by atoms with E-state index in [2.05, 4.69) is 84.7 Å². The Kier molecular flexibility index (Phi) is 11.2. The molecule has 28 heavy (non-hydrogen) atoms. The van der Waals surface area contributed by atoms with Crippen molar-refractivity contribution < 1.29 is 0 Å². The van der Waals surface area contributed by atoms with Gasteiger partial charge in [0.05, 0.1) is 0 Å². The molecule has 1 aliphatic rings. The van der Waals surface area contributed by atoms with Gasteiger partial charge in [0.15, 0.2) is 0 Å². The fourth-order valence-electron chi connectivity index (χ4n) is 3.55. The van der Waals surface area contributed by atoms with E-state index in [4.69, 9.17) is 0 Å². The van der Waals surface area contributed by atoms with Crippen LogP contribution >= 0.6 is 0 Å². The van der Waals surface area contributed by atoms with E-state index in [1.807, 2.05) is 0 Å². The van der Waals surface area contributed by atoms with Gasteiger partial charge in [-0.05, 0) is 66.9 Å². The van der Waals surface area contributed by atoms with E-state index in [0.29, 0.717) is 17.8 Å². The molecular formula is C28H44. The molecule has 0 bridgehead atoms. The summed E-state index contributed by atoms with van der Waals surface area (Å²) in [4.78, 5) is 0. The third-order valence-corrected chi connectivity index (χ3v) is 6.61. The maximum atomic E-state index is 4.30. The summed E-state index contributed by atoms with van der Waals surface area (Å²) in [5.41, 5.74) is 5.31. The van der Waals surface area contributed by atoms with Crippen LogP contribution in [-0.2, 0) is 0 Å². The molecule has 156 valence electrons. The molecule has 0 N–H and O–H groups in total. The van der Waals surface area contributed by atoms with Crippen molar-refractivity contribution in [2.45, 2.75) is 79.6 Å². The molecule has 4 atom stereocenters. The summed E-state index contributed by atoms with van der Waals surface area (Å²) < 4.78 is 0. The van der Waals surface area contributed by atoms with E-state index < -0.39 is 0 Å². The standard InChI is InChI=1S/C28H44/c1-9-21(3)11-13-23(5)24(6)15-16-26(8)28-19-17-27(18-20-28)25(7)14-12-22(4)10-2/h10,15-17,19,21-23,25H,2,6,8-9,11-14,18,20H2,1,3-5,7H3/b16-15-. The Morgan fingerprint density at radius 3 is 2.25 bits per heavy atom. The lowest BCUT2D eigenvalue weighted by molar-refractivity contribution is 0.454. The average molecular weight is 381 g/mol. The average Bonchev–Trinajstić information content (AvgIpc) is 2.73. The normalized spacial score (nSPS) is 18.8. The summed E-state index contributed by atoms with van der Waals surface area (Å²) in [6.45, 7) is 24.0. The smallest absolute Gasteiger partial charge is 0.0196 e. The minimum absolute atomic E-state index is 0.545. The lowest BCUT2D eigenvalue weighted by atomic mass is 9.84. The summed E-state index contributed by atoms with van der Waals surface area (Å²) in [5, 5.41) is 0. The Morgan fingerprint density at radius 1 is 0.964 bits per heavy atom. The molecule has 0 heterocycles. The molecule has 4 unspecified atom stereocenters. The molecule has 1 rings (SSSR count). The number of rotatable bonds is 13. The molecule has 0 aromatic carbocycles. The van der Waals surface area contributed by atoms with Crippen LogP contribution in [0.25, 0.3) is 0 Å². The van der Waals surface area contributed by atoms with Crippen LogP contribution < -0.4 is 0 Å². The molecule has 0 aliphatic heterocycles. The number of allylic oxidation sites excluding steroid dienone is 9. The third kappa shape index (κ3) is 8.63. The summed E-state index contributed by atoms with van der Waals surface area (Å²) in [6.07, 6.45) is 19.6. The van der Waals surface area contributed by atoms with Crippen LogP contribution in [0.3, 0.4) is 0 Å². The largest absolute Gasteiger partial charge is 0.103 e. The number of hydrogen-bond acceptors (Lipinski definition) is 0. The summed E-state index contributed by atoms with van der Waals surface area (Å²) in [5.74, 6) is 2.63. The first-order chi connectivity index (χ1) is 13.3. The Morgan fingerprint density at radius 2 is 1.68 bits per heavy atom. The van der Waals surface area contributed by atoms with Crippen molar-refractivity contribution in [1.82, 2.24) is 0 Å². The van der Waals surface area contributed by atoms with Gasteiger partial charge in [-0.3, -0.25) is 0 Å². The molecule has 0 radical (unpaired) electrons. The fraction of sp³-hybridized carbons (Fsp3) is 0.571. The topological polar surface area (TPSA) is 0 Å². The van der Waals surface area contributed by atoms with Crippen molar-refractivity contribution >= 4 is 0 Å². The minimum atomic E-state index is 0.545. The minimum Gasteiger partial charge on any atom is -0.103 e. The van der Waals surface area contributed by atoms with Crippen LogP contribution in [0.5, 0.6) is 0 Å². The zero-order valence-corrected chi connectivity index (χ0v) is 19.3. The Labute approximate surface area is 175 Å². The van der Waals surface area contributed by atoms with Crippen LogP contribution in [0, 0.1) is 23.7 Å². The first-order valence-corrected chi connectivity index (χ1v) is 11.4. The van der Waals surface area contributed by atoms with Gasteiger partial charge in [0.1, 0.15) is 0 Å². The van der Waals surface area contributed by atoms with Crippen LogP contribution in [-0.4, -0.2) is 0 Å². The molecular weight excluding hydrogens is 336 g/mol. The highest BCUT2D eigenvalue weighted by Gasteiger charge is 2.14. The highest BCUT2D eigenvalue weighted by atomic mass is 14.2. The molecule has 0 saturated heterocycles. The van der Waals surface area contributed by atoms with E-state index in [0.717, 1.165) is 24.3 Å². The third-order valence-electron chi connectivity index (χ3n) is 6.61. The predicted octanol–water partition coefficient (Wildman–Crippen LogP) is 9.00. The second kappa shape index (κ2) is 12.8. The van der Waals surface area contributed by atoms with Crippen LogP contribution in [0.1, 0.15) is 79.6 Å². The summed E-state index contributed by atoms with van der Waals surface area (Å²) >= 11 is 0. The quantitative estimate of drug-likeness (QED) is 0.221. The Hall–Kier alpha value is -1.56. The molecule has 0 spiro atoms. The van der Waals surface area contributed by atoms with Gasteiger partial charge in [0.25, 0.3) is 0 Å². The highest BCUT2D eigenvalue weighted by molar-refractivity contribution is 5.44. The Balaban J connectivity index is 2.55. The molecule has 0 fully saturated rings. The van der Waals surface area contributed by atoms with E-state index >= 15 is 0 Å². The van der Waals surface area contributed by atoms with Gasteiger partial charge >= 0.3 is 0 Å². The summed E-state index contributed by atoms with van der Waals surface area (Å²) in [7, 11) is 0. The SMILES string of the molecule is C=CC(C)CCC(C)C1=CC=C(C(=C)/C=C\C(=C)C(C)CCC(C)CC)CC1. The number of hydrogen-bond donors (Lipinski definition) is 0. The maximum Gasteiger partial charge on any atom is -0.0196 e. The van der Waals surface area contributed by atoms with Crippen molar-refractivity contribution in [1.29, 1.82) is 0 Å². The van der Waals surface area contributed by atoms with Crippen molar-refractivity contribution in [3.05, 3.63) is 72.4 Å². The van der Waals surface area contributed by atoms with Crippen LogP contribution in [0.4, 0.5) is 0 Å². The van der Waals surface area contributed by atoms with Crippen molar-refractivity contribution in [3.63, 3.8) is 0 Å². The van der Waals surface area contributed by atoms with E-state index in [-0.39, 0.29) is 0 Å². The first-order valence-electron chi connectivity index (χ1n) is 11.4. The summed E-state index contributed by atoms with van der Waals surface area (Å²) in [6, 6.07) is 0. The molecule has 0 saturated carbocycles. The Bertz CT molecular complexity index is 610. The van der Waals surface area contributed by atoms with E-state index in [1.165, 1.54) is 43.3 Å². The fourth-order valence-corrected chi connectivity index (χ4v) is 3.55. The highest BCUT2D eigenvalue weighted by Crippen LogP contribution is 2.31. The van der Waals surface area contributed by atoms with Gasteiger partial charge < -0.3 is 0 Å². The van der Waals surface area contributed by atoms with Crippen LogP contribution in [0.2, 0.25) is 0 Å². The van der Waals surface area contributed by atoms with Gasteiger partial charge in [-0.2, -0.15) is 0 Å². The first kappa shape index (κ1) is 24.5. The molecule has 1 aliphatic carbocycles. The van der Waals surface area contributed by atoms with Crippen molar-refractivity contribution in [2.24, 2.45) is 23.7 Å². The van der Waals surface area contributed by atoms with Gasteiger partial charge in [-0.1, -0.05) is 102 Å². The zero-order chi connectivity index (χ0) is 21.1. The van der Waals surface area contributed by atoms with E-state index in [9.17, 15) is 0 Å². The zero-order valence-electron chi connectivity index (χ0n) is 19.3. The predicted molar refractivity (Wildman–Crippen MR) is 128 cm³/mol. The maximum absolute atomic E-state index is 4.30. The molecule has 0 heteroatoms. The lowest BCUT2D eigenvalue weighted by Crippen LogP contribution is -2.05. The van der Waals surface area contributed by atoms with Crippen molar-refractivity contribution in [2.75, 3.05) is 0 Å². The van der Waals surface area contributed by atoms with Gasteiger partial charge in [-0.15, -0.1) is 6.58 Å². The molecule has 0 aromatic heterocycles. The van der Waals surface area contributed by atoms with Crippen molar-refractivity contribution in [3.8, 4) is 0 Å². The van der Waals surface area contributed by atoms with Gasteiger partial charge in [0.2, 0.25) is 0 Å². The second-order valence-electron chi connectivity index (χ2n) is 9.05. The van der Waals surface area contributed by atoms with E-state index in [1.54, 1.807) is 5.57 Å².